The highest BCUT2D eigenvalue weighted by molar-refractivity contribution is 5.29. The molecule has 1 aromatic heterocycles. The summed E-state index contributed by atoms with van der Waals surface area (Å²) in [5.74, 6) is 0.893. The highest BCUT2D eigenvalue weighted by Crippen LogP contribution is 2.20. The third-order valence-corrected chi connectivity index (χ3v) is 3.56. The van der Waals surface area contributed by atoms with Gasteiger partial charge < -0.3 is 10.1 Å². The molecule has 0 fully saturated rings. The van der Waals surface area contributed by atoms with Gasteiger partial charge >= 0.3 is 0 Å². The SMILES string of the molecule is CCC(NCc1ncccc1C)c1ccc(OC)cc1. The molecule has 2 aromatic rings. The van der Waals surface area contributed by atoms with Gasteiger partial charge in [-0.3, -0.25) is 4.98 Å². The van der Waals surface area contributed by atoms with E-state index in [2.05, 4.69) is 42.3 Å². The minimum absolute atomic E-state index is 0.335. The maximum atomic E-state index is 5.20. The quantitative estimate of drug-likeness (QED) is 0.870. The number of hydrogen-bond donors (Lipinski definition) is 1. The van der Waals surface area contributed by atoms with E-state index in [-0.39, 0.29) is 0 Å². The van der Waals surface area contributed by atoms with Gasteiger partial charge in [0.1, 0.15) is 5.75 Å². The van der Waals surface area contributed by atoms with Gasteiger partial charge in [0.2, 0.25) is 0 Å². The second-order valence-corrected chi connectivity index (χ2v) is 4.88. The predicted molar refractivity (Wildman–Crippen MR) is 81.8 cm³/mol. The predicted octanol–water partition coefficient (Wildman–Crippen LogP) is 3.64. The third-order valence-electron chi connectivity index (χ3n) is 3.56. The van der Waals surface area contributed by atoms with E-state index >= 15 is 0 Å². The number of nitrogens with one attached hydrogen (secondary N) is 1. The Balaban J connectivity index is 2.03. The molecule has 3 heteroatoms. The monoisotopic (exact) mass is 270 g/mol. The summed E-state index contributed by atoms with van der Waals surface area (Å²) in [5, 5.41) is 3.58. The Kier molecular flexibility index (Phi) is 5.13. The first-order valence-corrected chi connectivity index (χ1v) is 7.02. The van der Waals surface area contributed by atoms with Crippen molar-refractivity contribution in [2.24, 2.45) is 0 Å². The van der Waals surface area contributed by atoms with Crippen LogP contribution in [0.4, 0.5) is 0 Å². The molecule has 106 valence electrons. The molecule has 20 heavy (non-hydrogen) atoms. The molecule has 1 aromatic carbocycles. The standard InChI is InChI=1S/C17H22N2O/c1-4-16(14-7-9-15(20-3)10-8-14)19-12-17-13(2)6-5-11-18-17/h5-11,16,19H,4,12H2,1-3H3. The molecule has 0 saturated carbocycles. The molecule has 0 aliphatic rings. The second-order valence-electron chi connectivity index (χ2n) is 4.88. The zero-order valence-corrected chi connectivity index (χ0v) is 12.4. The molecule has 0 spiro atoms. The lowest BCUT2D eigenvalue weighted by molar-refractivity contribution is 0.414. The highest BCUT2D eigenvalue weighted by atomic mass is 16.5. The molecule has 1 N–H and O–H groups in total. The number of aryl methyl sites for hydroxylation is 1. The van der Waals surface area contributed by atoms with E-state index in [1.807, 2.05) is 24.4 Å². The van der Waals surface area contributed by atoms with Gasteiger partial charge in [-0.25, -0.2) is 0 Å². The average molecular weight is 270 g/mol. The van der Waals surface area contributed by atoms with E-state index < -0.39 is 0 Å². The minimum atomic E-state index is 0.335. The summed E-state index contributed by atoms with van der Waals surface area (Å²) >= 11 is 0. The van der Waals surface area contributed by atoms with Crippen molar-refractivity contribution in [2.75, 3.05) is 7.11 Å². The highest BCUT2D eigenvalue weighted by Gasteiger charge is 2.09. The Bertz CT molecular complexity index is 537. The topological polar surface area (TPSA) is 34.2 Å². The zero-order chi connectivity index (χ0) is 14.4. The van der Waals surface area contributed by atoms with Crippen LogP contribution >= 0.6 is 0 Å². The molecule has 0 saturated heterocycles. The van der Waals surface area contributed by atoms with Gasteiger partial charge in [-0.15, -0.1) is 0 Å². The Morgan fingerprint density at radius 3 is 2.55 bits per heavy atom. The first-order chi connectivity index (χ1) is 9.74. The first-order valence-electron chi connectivity index (χ1n) is 7.02. The third kappa shape index (κ3) is 3.58. The lowest BCUT2D eigenvalue weighted by Crippen LogP contribution is -2.21. The van der Waals surface area contributed by atoms with Gasteiger partial charge in [0.15, 0.2) is 0 Å². The van der Waals surface area contributed by atoms with E-state index in [1.54, 1.807) is 7.11 Å². The van der Waals surface area contributed by atoms with E-state index in [9.17, 15) is 0 Å². The summed E-state index contributed by atoms with van der Waals surface area (Å²) in [4.78, 5) is 4.42. The summed E-state index contributed by atoms with van der Waals surface area (Å²) in [7, 11) is 1.69. The van der Waals surface area contributed by atoms with Crippen molar-refractivity contribution in [2.45, 2.75) is 32.9 Å². The van der Waals surface area contributed by atoms with Gasteiger partial charge in [-0.2, -0.15) is 0 Å². The molecule has 2 rings (SSSR count). The van der Waals surface area contributed by atoms with Crippen LogP contribution in [-0.4, -0.2) is 12.1 Å². The van der Waals surface area contributed by atoms with E-state index in [4.69, 9.17) is 4.74 Å². The van der Waals surface area contributed by atoms with Crippen LogP contribution in [0.5, 0.6) is 5.75 Å². The summed E-state index contributed by atoms with van der Waals surface area (Å²) in [6.45, 7) is 5.07. The number of hydrogen-bond acceptors (Lipinski definition) is 3. The number of methoxy groups -OCH3 is 1. The maximum Gasteiger partial charge on any atom is 0.118 e. The van der Waals surface area contributed by atoms with Gasteiger partial charge in [0, 0.05) is 18.8 Å². The molecule has 0 amide bonds. The molecule has 3 nitrogen and oxygen atoms in total. The Morgan fingerprint density at radius 2 is 1.95 bits per heavy atom. The van der Waals surface area contributed by atoms with E-state index in [1.165, 1.54) is 11.1 Å². The lowest BCUT2D eigenvalue weighted by atomic mass is 10.0. The molecule has 1 unspecified atom stereocenters. The van der Waals surface area contributed by atoms with Crippen molar-refractivity contribution < 1.29 is 4.74 Å². The summed E-state index contributed by atoms with van der Waals surface area (Å²) in [6.07, 6.45) is 2.89. The molecule has 0 bridgehead atoms. The second kappa shape index (κ2) is 7.06. The van der Waals surface area contributed by atoms with Crippen molar-refractivity contribution in [3.8, 4) is 5.75 Å². The molecule has 1 atom stereocenters. The smallest absolute Gasteiger partial charge is 0.118 e. The van der Waals surface area contributed by atoms with Gasteiger partial charge in [-0.05, 0) is 42.7 Å². The van der Waals surface area contributed by atoms with Crippen molar-refractivity contribution >= 4 is 0 Å². The maximum absolute atomic E-state index is 5.20. The van der Waals surface area contributed by atoms with Crippen LogP contribution in [0.1, 0.15) is 36.2 Å². The van der Waals surface area contributed by atoms with Crippen LogP contribution < -0.4 is 10.1 Å². The van der Waals surface area contributed by atoms with E-state index in [0.29, 0.717) is 6.04 Å². The van der Waals surface area contributed by atoms with Crippen LogP contribution in [0.2, 0.25) is 0 Å². The minimum Gasteiger partial charge on any atom is -0.497 e. The van der Waals surface area contributed by atoms with Crippen LogP contribution in [0.15, 0.2) is 42.6 Å². The van der Waals surface area contributed by atoms with Crippen molar-refractivity contribution in [1.82, 2.24) is 10.3 Å². The number of benzene rings is 1. The van der Waals surface area contributed by atoms with Crippen molar-refractivity contribution in [3.63, 3.8) is 0 Å². The summed E-state index contributed by atoms with van der Waals surface area (Å²) < 4.78 is 5.20. The van der Waals surface area contributed by atoms with Crippen LogP contribution in [0.3, 0.4) is 0 Å². The Morgan fingerprint density at radius 1 is 1.20 bits per heavy atom. The van der Waals surface area contributed by atoms with Crippen molar-refractivity contribution in [3.05, 3.63) is 59.4 Å². The first kappa shape index (κ1) is 14.5. The van der Waals surface area contributed by atoms with Gasteiger partial charge in [0.05, 0.1) is 12.8 Å². The zero-order valence-electron chi connectivity index (χ0n) is 12.4. The van der Waals surface area contributed by atoms with Crippen molar-refractivity contribution in [1.29, 1.82) is 0 Å². The normalized spacial score (nSPS) is 12.2. The number of aromatic nitrogens is 1. The Hall–Kier alpha value is -1.87. The van der Waals surface area contributed by atoms with Crippen LogP contribution in [0, 0.1) is 6.92 Å². The number of ether oxygens (including phenoxy) is 1. The summed E-state index contributed by atoms with van der Waals surface area (Å²) in [6, 6.07) is 12.6. The fourth-order valence-electron chi connectivity index (χ4n) is 2.26. The van der Waals surface area contributed by atoms with E-state index in [0.717, 1.165) is 24.4 Å². The largest absolute Gasteiger partial charge is 0.497 e. The molecule has 0 radical (unpaired) electrons. The molecular formula is C17H22N2O. The number of pyridine rings is 1. The fraction of sp³-hybridized carbons (Fsp3) is 0.353. The number of rotatable bonds is 6. The van der Waals surface area contributed by atoms with Gasteiger partial charge in [-0.1, -0.05) is 25.1 Å². The van der Waals surface area contributed by atoms with Gasteiger partial charge in [0.25, 0.3) is 0 Å². The molecular weight excluding hydrogens is 248 g/mol. The lowest BCUT2D eigenvalue weighted by Gasteiger charge is -2.18. The Labute approximate surface area is 121 Å². The average Bonchev–Trinajstić information content (AvgIpc) is 2.50. The molecule has 0 aliphatic carbocycles. The fourth-order valence-corrected chi connectivity index (χ4v) is 2.26. The number of nitrogens with zero attached hydrogens (tertiary/aromatic N) is 1. The van der Waals surface area contributed by atoms with Crippen LogP contribution in [0.25, 0.3) is 0 Å². The summed E-state index contributed by atoms with van der Waals surface area (Å²) in [5.41, 5.74) is 3.62. The molecule has 1 heterocycles. The molecule has 0 aliphatic heterocycles. The van der Waals surface area contributed by atoms with Crippen LogP contribution in [-0.2, 0) is 6.54 Å².